The number of rotatable bonds is 3. The van der Waals surface area contributed by atoms with E-state index in [1.807, 2.05) is 6.07 Å². The van der Waals surface area contributed by atoms with Gasteiger partial charge in [-0.1, -0.05) is 10.3 Å². The van der Waals surface area contributed by atoms with Gasteiger partial charge in [0, 0.05) is 0 Å². The van der Waals surface area contributed by atoms with Crippen molar-refractivity contribution in [3.05, 3.63) is 35.2 Å². The molecule has 0 aliphatic heterocycles. The summed E-state index contributed by atoms with van der Waals surface area (Å²) in [5.74, 6) is 0.506. The van der Waals surface area contributed by atoms with E-state index >= 15 is 0 Å². The molecule has 0 aliphatic rings. The molecule has 0 unspecified atom stereocenters. The molecule has 1 aromatic carbocycles. The normalized spacial score (nSPS) is 9.88. The van der Waals surface area contributed by atoms with Gasteiger partial charge in [-0.25, -0.2) is 4.63 Å². The van der Waals surface area contributed by atoms with Crippen LogP contribution >= 0.6 is 0 Å². The number of benzene rings is 1. The summed E-state index contributed by atoms with van der Waals surface area (Å²) < 4.78 is 10.0. The zero-order chi connectivity index (χ0) is 12.3. The Hall–Kier alpha value is -2.55. The maximum absolute atomic E-state index is 8.69. The van der Waals surface area contributed by atoms with Gasteiger partial charge in [-0.3, -0.25) is 0 Å². The predicted octanol–water partition coefficient (Wildman–Crippen LogP) is 1.41. The van der Waals surface area contributed by atoms with Crippen LogP contribution in [0.2, 0.25) is 0 Å². The molecule has 0 spiro atoms. The van der Waals surface area contributed by atoms with Crippen molar-refractivity contribution in [1.29, 1.82) is 5.26 Å². The van der Waals surface area contributed by atoms with Crippen LogP contribution in [0.15, 0.2) is 22.8 Å². The SMILES string of the molecule is Cc1nonc1COc1ccc(C#N)cc1N. The first kappa shape index (κ1) is 11.0. The summed E-state index contributed by atoms with van der Waals surface area (Å²) in [5, 5.41) is 16.0. The highest BCUT2D eigenvalue weighted by molar-refractivity contribution is 5.56. The van der Waals surface area contributed by atoms with E-state index in [4.69, 9.17) is 15.7 Å². The minimum absolute atomic E-state index is 0.228. The van der Waals surface area contributed by atoms with Crippen LogP contribution in [0.1, 0.15) is 17.0 Å². The molecule has 0 radical (unpaired) electrons. The largest absolute Gasteiger partial charge is 0.485 e. The molecule has 17 heavy (non-hydrogen) atoms. The van der Waals surface area contributed by atoms with Crippen LogP contribution in [-0.4, -0.2) is 10.3 Å². The number of aromatic nitrogens is 2. The zero-order valence-electron chi connectivity index (χ0n) is 9.17. The lowest BCUT2D eigenvalue weighted by atomic mass is 10.2. The molecule has 1 heterocycles. The Morgan fingerprint density at radius 1 is 1.47 bits per heavy atom. The smallest absolute Gasteiger partial charge is 0.145 e. The van der Waals surface area contributed by atoms with Crippen molar-refractivity contribution in [3.8, 4) is 11.8 Å². The molecule has 1 aromatic heterocycles. The van der Waals surface area contributed by atoms with E-state index in [0.29, 0.717) is 28.4 Å². The standard InChI is InChI=1S/C11H10N4O2/c1-7-10(15-17-14-7)6-16-11-3-2-8(5-12)4-9(11)13/h2-4H,6,13H2,1H3. The summed E-state index contributed by atoms with van der Waals surface area (Å²) in [6, 6.07) is 6.85. The van der Waals surface area contributed by atoms with E-state index < -0.39 is 0 Å². The molecule has 2 aromatic rings. The van der Waals surface area contributed by atoms with E-state index in [1.165, 1.54) is 0 Å². The summed E-state index contributed by atoms with van der Waals surface area (Å²) in [6.45, 7) is 2.00. The summed E-state index contributed by atoms with van der Waals surface area (Å²) in [5.41, 5.74) is 7.95. The number of nitrogen functional groups attached to an aromatic ring is 1. The first-order valence-corrected chi connectivity index (χ1v) is 4.91. The van der Waals surface area contributed by atoms with E-state index in [0.717, 1.165) is 0 Å². The topological polar surface area (TPSA) is 98.0 Å². The third-order valence-corrected chi connectivity index (χ3v) is 2.25. The van der Waals surface area contributed by atoms with Crippen molar-refractivity contribution in [1.82, 2.24) is 10.3 Å². The highest BCUT2D eigenvalue weighted by Gasteiger charge is 2.07. The fourth-order valence-electron chi connectivity index (χ4n) is 1.28. The number of hydrogen-bond acceptors (Lipinski definition) is 6. The molecule has 6 heteroatoms. The average molecular weight is 230 g/mol. The van der Waals surface area contributed by atoms with Crippen molar-refractivity contribution in [2.45, 2.75) is 13.5 Å². The number of nitrogens with two attached hydrogens (primary N) is 1. The Morgan fingerprint density at radius 3 is 2.88 bits per heavy atom. The molecule has 0 saturated carbocycles. The second-order valence-corrected chi connectivity index (χ2v) is 3.45. The highest BCUT2D eigenvalue weighted by Crippen LogP contribution is 2.23. The third-order valence-electron chi connectivity index (χ3n) is 2.25. The Labute approximate surface area is 97.6 Å². The molecular weight excluding hydrogens is 220 g/mol. The Morgan fingerprint density at radius 2 is 2.29 bits per heavy atom. The lowest BCUT2D eigenvalue weighted by Crippen LogP contribution is -2.00. The molecule has 86 valence electrons. The second-order valence-electron chi connectivity index (χ2n) is 3.45. The first-order chi connectivity index (χ1) is 8.20. The van der Waals surface area contributed by atoms with Gasteiger partial charge in [0.1, 0.15) is 23.7 Å². The maximum atomic E-state index is 8.69. The highest BCUT2D eigenvalue weighted by atomic mass is 16.6. The summed E-state index contributed by atoms with van der Waals surface area (Å²) >= 11 is 0. The molecule has 2 N–H and O–H groups in total. The van der Waals surface area contributed by atoms with Crippen LogP contribution < -0.4 is 10.5 Å². The van der Waals surface area contributed by atoms with Gasteiger partial charge in [-0.15, -0.1) is 0 Å². The summed E-state index contributed by atoms with van der Waals surface area (Å²) in [4.78, 5) is 0. The molecule has 0 bridgehead atoms. The molecule has 2 rings (SSSR count). The Bertz CT molecular complexity index is 571. The fraction of sp³-hybridized carbons (Fsp3) is 0.182. The molecule has 6 nitrogen and oxygen atoms in total. The maximum Gasteiger partial charge on any atom is 0.145 e. The Balaban J connectivity index is 2.10. The lowest BCUT2D eigenvalue weighted by molar-refractivity contribution is 0.271. The van der Waals surface area contributed by atoms with Gasteiger partial charge in [0.15, 0.2) is 0 Å². The number of aryl methyl sites for hydroxylation is 1. The van der Waals surface area contributed by atoms with Crippen molar-refractivity contribution in [3.63, 3.8) is 0 Å². The summed E-state index contributed by atoms with van der Waals surface area (Å²) in [6.07, 6.45) is 0. The van der Waals surface area contributed by atoms with Crippen molar-refractivity contribution < 1.29 is 9.37 Å². The molecule has 0 fully saturated rings. The monoisotopic (exact) mass is 230 g/mol. The second kappa shape index (κ2) is 4.53. The molecular formula is C11H10N4O2. The van der Waals surface area contributed by atoms with Gasteiger partial charge in [-0.05, 0) is 25.1 Å². The minimum Gasteiger partial charge on any atom is -0.485 e. The summed E-state index contributed by atoms with van der Waals surface area (Å²) in [7, 11) is 0. The van der Waals surface area contributed by atoms with E-state index in [2.05, 4.69) is 14.9 Å². The molecule has 0 aliphatic carbocycles. The van der Waals surface area contributed by atoms with Crippen molar-refractivity contribution in [2.75, 3.05) is 5.73 Å². The lowest BCUT2D eigenvalue weighted by Gasteiger charge is -2.07. The van der Waals surface area contributed by atoms with Crippen LogP contribution in [0.5, 0.6) is 5.75 Å². The van der Waals surface area contributed by atoms with Crippen LogP contribution in [0, 0.1) is 18.3 Å². The van der Waals surface area contributed by atoms with Crippen LogP contribution in [0.3, 0.4) is 0 Å². The van der Waals surface area contributed by atoms with E-state index in [1.54, 1.807) is 25.1 Å². The predicted molar refractivity (Wildman–Crippen MR) is 58.9 cm³/mol. The van der Waals surface area contributed by atoms with Crippen molar-refractivity contribution >= 4 is 5.69 Å². The van der Waals surface area contributed by atoms with Gasteiger partial charge in [-0.2, -0.15) is 5.26 Å². The van der Waals surface area contributed by atoms with Gasteiger partial charge >= 0.3 is 0 Å². The fourth-order valence-corrected chi connectivity index (χ4v) is 1.28. The van der Waals surface area contributed by atoms with Gasteiger partial charge in [0.05, 0.1) is 17.3 Å². The van der Waals surface area contributed by atoms with E-state index in [-0.39, 0.29) is 6.61 Å². The minimum atomic E-state index is 0.228. The van der Waals surface area contributed by atoms with Gasteiger partial charge in [0.25, 0.3) is 0 Å². The molecule has 0 saturated heterocycles. The Kier molecular flexibility index (Phi) is 2.92. The zero-order valence-corrected chi connectivity index (χ0v) is 9.17. The average Bonchev–Trinajstić information content (AvgIpc) is 2.73. The first-order valence-electron chi connectivity index (χ1n) is 4.91. The molecule has 0 amide bonds. The van der Waals surface area contributed by atoms with Crippen LogP contribution in [-0.2, 0) is 6.61 Å². The number of anilines is 1. The molecule has 0 atom stereocenters. The van der Waals surface area contributed by atoms with Crippen LogP contribution in [0.25, 0.3) is 0 Å². The van der Waals surface area contributed by atoms with Gasteiger partial charge in [0.2, 0.25) is 0 Å². The van der Waals surface area contributed by atoms with Gasteiger partial charge < -0.3 is 10.5 Å². The number of hydrogen-bond donors (Lipinski definition) is 1. The number of nitrogens with zero attached hydrogens (tertiary/aromatic N) is 3. The van der Waals surface area contributed by atoms with Crippen LogP contribution in [0.4, 0.5) is 5.69 Å². The number of ether oxygens (including phenoxy) is 1. The quantitative estimate of drug-likeness (QED) is 0.800. The number of nitriles is 1. The third kappa shape index (κ3) is 2.34. The van der Waals surface area contributed by atoms with Crippen molar-refractivity contribution in [2.24, 2.45) is 0 Å². The van der Waals surface area contributed by atoms with E-state index in [9.17, 15) is 0 Å².